The number of nitrogens with one attached hydrogen (secondary N) is 3. The van der Waals surface area contributed by atoms with Crippen LogP contribution in [0.5, 0.6) is 0 Å². The summed E-state index contributed by atoms with van der Waals surface area (Å²) < 4.78 is 26.7. The number of carbonyl (C=O) groups is 3. The van der Waals surface area contributed by atoms with Crippen LogP contribution in [-0.4, -0.2) is 43.5 Å². The van der Waals surface area contributed by atoms with Crippen LogP contribution >= 0.6 is 0 Å². The molecule has 0 aromatic heterocycles. The van der Waals surface area contributed by atoms with Crippen molar-refractivity contribution in [2.75, 3.05) is 7.05 Å². The topological polar surface area (TPSA) is 125 Å². The highest BCUT2D eigenvalue weighted by Gasteiger charge is 2.31. The van der Waals surface area contributed by atoms with Gasteiger partial charge in [0, 0.05) is 25.1 Å². The van der Waals surface area contributed by atoms with Crippen LogP contribution in [0.1, 0.15) is 41.3 Å². The zero-order chi connectivity index (χ0) is 24.2. The third-order valence-corrected chi connectivity index (χ3v) is 7.17. The summed E-state index contributed by atoms with van der Waals surface area (Å²) in [6.45, 7) is 3.56. The first-order chi connectivity index (χ1) is 15.6. The summed E-state index contributed by atoms with van der Waals surface area (Å²) in [4.78, 5) is 36.3. The highest BCUT2D eigenvalue weighted by atomic mass is 32.2. The minimum Gasteiger partial charge on any atom is -0.344 e. The van der Waals surface area contributed by atoms with E-state index < -0.39 is 27.9 Å². The monoisotopic (exact) mass is 472 g/mol. The molecule has 3 rings (SSSR count). The van der Waals surface area contributed by atoms with Gasteiger partial charge in [-0.25, -0.2) is 8.42 Å². The van der Waals surface area contributed by atoms with Crippen molar-refractivity contribution < 1.29 is 22.8 Å². The van der Waals surface area contributed by atoms with Gasteiger partial charge in [-0.3, -0.25) is 25.2 Å². The van der Waals surface area contributed by atoms with E-state index in [9.17, 15) is 22.8 Å². The molecule has 1 unspecified atom stereocenters. The normalized spacial score (nSPS) is 14.4. The molecular formula is C23H28N4O5S. The van der Waals surface area contributed by atoms with E-state index in [1.807, 2.05) is 6.92 Å². The highest BCUT2D eigenvalue weighted by molar-refractivity contribution is 7.89. The number of amides is 3. The molecule has 1 fully saturated rings. The van der Waals surface area contributed by atoms with Crippen LogP contribution in [-0.2, 0) is 26.2 Å². The summed E-state index contributed by atoms with van der Waals surface area (Å²) in [5.74, 6) is -1.23. The van der Waals surface area contributed by atoms with Crippen LogP contribution in [0.2, 0.25) is 0 Å². The number of nitrogens with zero attached hydrogens (tertiary/aromatic N) is 1. The second-order valence-corrected chi connectivity index (χ2v) is 10.3. The third-order valence-electron chi connectivity index (χ3n) is 5.35. The summed E-state index contributed by atoms with van der Waals surface area (Å²) in [5, 5.41) is 2.60. The van der Waals surface area contributed by atoms with Crippen molar-refractivity contribution in [1.82, 2.24) is 20.5 Å². The van der Waals surface area contributed by atoms with E-state index in [2.05, 4.69) is 16.2 Å². The first kappa shape index (κ1) is 24.4. The Morgan fingerprint density at radius 2 is 1.61 bits per heavy atom. The summed E-state index contributed by atoms with van der Waals surface area (Å²) >= 11 is 0. The van der Waals surface area contributed by atoms with E-state index in [0.717, 1.165) is 18.4 Å². The number of carbonyl (C=O) groups excluding carboxylic acids is 3. The Bertz CT molecular complexity index is 1130. The molecule has 0 aliphatic heterocycles. The largest absolute Gasteiger partial charge is 0.344 e. The van der Waals surface area contributed by atoms with E-state index in [-0.39, 0.29) is 28.8 Å². The molecule has 3 N–H and O–H groups in total. The van der Waals surface area contributed by atoms with Gasteiger partial charge < -0.3 is 5.32 Å². The van der Waals surface area contributed by atoms with Crippen molar-refractivity contribution in [3.8, 4) is 0 Å². The van der Waals surface area contributed by atoms with E-state index in [1.54, 1.807) is 48.5 Å². The SMILES string of the molecule is Cc1ccc(S(=O)(=O)N(C)Cc2ccc(C(=O)NNC(=O)C(C)NC(=O)C3CC3)cc2)cc1. The third kappa shape index (κ3) is 6.39. The number of aryl methyl sites for hydroxylation is 1. The second kappa shape index (κ2) is 10.1. The van der Waals surface area contributed by atoms with E-state index in [4.69, 9.17) is 0 Å². The van der Waals surface area contributed by atoms with E-state index in [1.165, 1.54) is 18.3 Å². The van der Waals surface area contributed by atoms with Gasteiger partial charge in [0.25, 0.3) is 11.8 Å². The predicted molar refractivity (Wildman–Crippen MR) is 122 cm³/mol. The van der Waals surface area contributed by atoms with Crippen molar-refractivity contribution in [3.63, 3.8) is 0 Å². The molecular weight excluding hydrogens is 444 g/mol. The maximum absolute atomic E-state index is 12.7. The molecule has 3 amide bonds. The minimum atomic E-state index is -3.64. The maximum atomic E-state index is 12.7. The zero-order valence-electron chi connectivity index (χ0n) is 18.8. The number of sulfonamides is 1. The van der Waals surface area contributed by atoms with Crippen molar-refractivity contribution in [3.05, 3.63) is 65.2 Å². The minimum absolute atomic E-state index is 0.0146. The predicted octanol–water partition coefficient (Wildman–Crippen LogP) is 1.49. The molecule has 9 nitrogen and oxygen atoms in total. The molecule has 0 bridgehead atoms. The molecule has 1 saturated carbocycles. The molecule has 33 heavy (non-hydrogen) atoms. The molecule has 10 heteroatoms. The zero-order valence-corrected chi connectivity index (χ0v) is 19.6. The van der Waals surface area contributed by atoms with Gasteiger partial charge in [-0.1, -0.05) is 29.8 Å². The van der Waals surface area contributed by atoms with Crippen molar-refractivity contribution in [2.45, 2.75) is 44.2 Å². The van der Waals surface area contributed by atoms with Gasteiger partial charge in [0.15, 0.2) is 0 Å². The maximum Gasteiger partial charge on any atom is 0.269 e. The number of benzene rings is 2. The Morgan fingerprint density at radius 3 is 2.18 bits per heavy atom. The first-order valence-corrected chi connectivity index (χ1v) is 12.0. The van der Waals surface area contributed by atoms with Gasteiger partial charge in [0.05, 0.1) is 4.90 Å². The molecule has 176 valence electrons. The average Bonchev–Trinajstić information content (AvgIpc) is 3.63. The lowest BCUT2D eigenvalue weighted by Crippen LogP contribution is -2.51. The average molecular weight is 473 g/mol. The number of rotatable bonds is 8. The molecule has 2 aromatic carbocycles. The van der Waals surface area contributed by atoms with Gasteiger partial charge in [-0.15, -0.1) is 0 Å². The van der Waals surface area contributed by atoms with Gasteiger partial charge in [0.2, 0.25) is 15.9 Å². The summed E-state index contributed by atoms with van der Waals surface area (Å²) in [6, 6.07) is 12.2. The quantitative estimate of drug-likeness (QED) is 0.502. The Labute approximate surface area is 193 Å². The Balaban J connectivity index is 1.52. The lowest BCUT2D eigenvalue weighted by Gasteiger charge is -2.18. The molecule has 0 radical (unpaired) electrons. The Kier molecular flexibility index (Phi) is 7.50. The number of hydrogen-bond donors (Lipinski definition) is 3. The fourth-order valence-electron chi connectivity index (χ4n) is 3.03. The summed E-state index contributed by atoms with van der Waals surface area (Å²) in [6.07, 6.45) is 1.67. The van der Waals surface area contributed by atoms with Crippen LogP contribution in [0.25, 0.3) is 0 Å². The fourth-order valence-corrected chi connectivity index (χ4v) is 4.19. The smallest absolute Gasteiger partial charge is 0.269 e. The van der Waals surface area contributed by atoms with Gasteiger partial charge in [-0.2, -0.15) is 4.31 Å². The Morgan fingerprint density at radius 1 is 1.00 bits per heavy atom. The van der Waals surface area contributed by atoms with E-state index in [0.29, 0.717) is 5.56 Å². The van der Waals surface area contributed by atoms with Crippen LogP contribution in [0.3, 0.4) is 0 Å². The summed E-state index contributed by atoms with van der Waals surface area (Å²) in [5.41, 5.74) is 6.57. The molecule has 0 saturated heterocycles. The van der Waals surface area contributed by atoms with Gasteiger partial charge in [0.1, 0.15) is 6.04 Å². The lowest BCUT2D eigenvalue weighted by atomic mass is 10.1. The molecule has 1 atom stereocenters. The Hall–Kier alpha value is -3.24. The second-order valence-electron chi connectivity index (χ2n) is 8.22. The van der Waals surface area contributed by atoms with Gasteiger partial charge >= 0.3 is 0 Å². The van der Waals surface area contributed by atoms with E-state index >= 15 is 0 Å². The summed E-state index contributed by atoms with van der Waals surface area (Å²) in [7, 11) is -2.15. The van der Waals surface area contributed by atoms with Crippen LogP contribution in [0.15, 0.2) is 53.4 Å². The van der Waals surface area contributed by atoms with Crippen molar-refractivity contribution in [2.24, 2.45) is 5.92 Å². The molecule has 0 heterocycles. The van der Waals surface area contributed by atoms with Crippen LogP contribution in [0, 0.1) is 12.8 Å². The molecule has 1 aliphatic rings. The number of hydrazine groups is 1. The molecule has 0 spiro atoms. The molecule has 1 aliphatic carbocycles. The van der Waals surface area contributed by atoms with Gasteiger partial charge in [-0.05, 0) is 56.5 Å². The standard InChI is InChI=1S/C23H28N4O5S/c1-15-4-12-20(13-5-15)33(31,32)27(3)14-17-6-8-19(9-7-17)23(30)26-25-21(28)16(2)24-22(29)18-10-11-18/h4-9,12-13,16,18H,10-11,14H2,1-3H3,(H,24,29)(H,25,28)(H,26,30). The fraction of sp³-hybridized carbons (Fsp3) is 0.348. The highest BCUT2D eigenvalue weighted by Crippen LogP contribution is 2.28. The van der Waals surface area contributed by atoms with Crippen molar-refractivity contribution >= 4 is 27.7 Å². The van der Waals surface area contributed by atoms with Crippen LogP contribution < -0.4 is 16.2 Å². The van der Waals surface area contributed by atoms with Crippen molar-refractivity contribution in [1.29, 1.82) is 0 Å². The number of hydrogen-bond acceptors (Lipinski definition) is 5. The first-order valence-electron chi connectivity index (χ1n) is 10.6. The van der Waals surface area contributed by atoms with Crippen LogP contribution in [0.4, 0.5) is 0 Å². The lowest BCUT2D eigenvalue weighted by molar-refractivity contribution is -0.129. The molecule has 2 aromatic rings.